The molecular formula is C55H33NO2S. The molecule has 0 unspecified atom stereocenters. The Kier molecular flexibility index (Phi) is 6.81. The van der Waals surface area contributed by atoms with Crippen molar-refractivity contribution >= 4 is 48.6 Å². The Bertz CT molecular complexity index is 3320. The normalized spacial score (nSPS) is 13.5. The molecule has 2 heterocycles. The summed E-state index contributed by atoms with van der Waals surface area (Å²) >= 11 is 1.84. The number of hydrogen-bond donors (Lipinski definition) is 0. The van der Waals surface area contributed by atoms with E-state index in [9.17, 15) is 0 Å². The van der Waals surface area contributed by atoms with Crippen molar-refractivity contribution < 1.29 is 9.47 Å². The van der Waals surface area contributed by atoms with Crippen molar-refractivity contribution in [3.05, 3.63) is 222 Å². The Balaban J connectivity index is 1.01. The molecule has 0 saturated heterocycles. The van der Waals surface area contributed by atoms with Gasteiger partial charge in [0.2, 0.25) is 0 Å². The molecule has 1 aliphatic heterocycles. The summed E-state index contributed by atoms with van der Waals surface area (Å²) in [7, 11) is 0. The monoisotopic (exact) mass is 771 g/mol. The highest BCUT2D eigenvalue weighted by molar-refractivity contribution is 7.25. The number of anilines is 3. The van der Waals surface area contributed by atoms with Crippen LogP contribution in [0.2, 0.25) is 0 Å². The molecule has 1 spiro atoms. The summed E-state index contributed by atoms with van der Waals surface area (Å²) in [6, 6.07) is 72.0. The van der Waals surface area contributed by atoms with E-state index >= 15 is 0 Å². The highest BCUT2D eigenvalue weighted by Gasteiger charge is 2.53. The van der Waals surface area contributed by atoms with Gasteiger partial charge in [-0.05, 0) is 93.0 Å². The summed E-state index contributed by atoms with van der Waals surface area (Å²) in [5.41, 5.74) is 14.6. The van der Waals surface area contributed by atoms with Crippen LogP contribution in [-0.4, -0.2) is 0 Å². The van der Waals surface area contributed by atoms with Crippen LogP contribution in [0.3, 0.4) is 0 Å². The Morgan fingerprint density at radius 2 is 1.00 bits per heavy atom. The van der Waals surface area contributed by atoms with Gasteiger partial charge in [0.15, 0.2) is 23.0 Å². The summed E-state index contributed by atoms with van der Waals surface area (Å²) in [5, 5.41) is 2.58. The number of ether oxygens (including phenoxy) is 2. The number of thiophene rings is 1. The minimum Gasteiger partial charge on any atom is -0.449 e. The molecule has 0 saturated carbocycles. The van der Waals surface area contributed by atoms with Crippen LogP contribution in [0.5, 0.6) is 23.0 Å². The van der Waals surface area contributed by atoms with Crippen LogP contribution in [0, 0.1) is 0 Å². The molecule has 0 atom stereocenters. The topological polar surface area (TPSA) is 21.7 Å². The molecule has 10 aromatic rings. The van der Waals surface area contributed by atoms with Gasteiger partial charge in [-0.1, -0.05) is 152 Å². The van der Waals surface area contributed by atoms with Crippen molar-refractivity contribution in [2.45, 2.75) is 5.41 Å². The smallest absolute Gasteiger partial charge is 0.194 e. The first-order chi connectivity index (χ1) is 29.3. The van der Waals surface area contributed by atoms with E-state index in [-0.39, 0.29) is 0 Å². The summed E-state index contributed by atoms with van der Waals surface area (Å²) in [5.74, 6) is 2.81. The Morgan fingerprint density at radius 1 is 0.390 bits per heavy atom. The zero-order valence-corrected chi connectivity index (χ0v) is 32.5. The molecule has 13 rings (SSSR count). The van der Waals surface area contributed by atoms with Gasteiger partial charge in [-0.3, -0.25) is 0 Å². The van der Waals surface area contributed by atoms with Gasteiger partial charge in [0.05, 0.1) is 16.8 Å². The molecule has 3 aliphatic rings. The molecule has 0 radical (unpaired) electrons. The molecule has 3 nitrogen and oxygen atoms in total. The van der Waals surface area contributed by atoms with E-state index in [1.54, 1.807) is 0 Å². The number of benzene rings is 9. The van der Waals surface area contributed by atoms with E-state index < -0.39 is 5.41 Å². The van der Waals surface area contributed by atoms with Crippen LogP contribution < -0.4 is 14.4 Å². The number of rotatable bonds is 4. The SMILES string of the molecule is c1ccc(N(c2ccccc2-c2ccc3c(c2)sc2ccccc23)c2cccc3c2Oc2c(ccc4c2-c2ccccc2C42c4ccccc4-c4ccccc42)O3)cc1. The zero-order valence-electron chi connectivity index (χ0n) is 31.7. The third-order valence-corrected chi connectivity index (χ3v) is 13.7. The molecule has 59 heavy (non-hydrogen) atoms. The van der Waals surface area contributed by atoms with Gasteiger partial charge in [0.1, 0.15) is 0 Å². The molecule has 276 valence electrons. The van der Waals surface area contributed by atoms with Crippen molar-refractivity contribution in [1.29, 1.82) is 0 Å². The Labute approximate surface area is 345 Å². The lowest BCUT2D eigenvalue weighted by molar-refractivity contribution is 0.361. The van der Waals surface area contributed by atoms with Gasteiger partial charge in [-0.2, -0.15) is 0 Å². The lowest BCUT2D eigenvalue weighted by Gasteiger charge is -2.33. The quantitative estimate of drug-likeness (QED) is 0.178. The summed E-state index contributed by atoms with van der Waals surface area (Å²) in [4.78, 5) is 2.32. The van der Waals surface area contributed by atoms with E-state index in [2.05, 4.69) is 199 Å². The minimum atomic E-state index is -0.484. The van der Waals surface area contributed by atoms with Crippen LogP contribution in [0.15, 0.2) is 200 Å². The first kappa shape index (κ1) is 32.7. The number of para-hydroxylation sites is 3. The van der Waals surface area contributed by atoms with Crippen LogP contribution in [0.1, 0.15) is 22.3 Å². The van der Waals surface area contributed by atoms with E-state index in [0.29, 0.717) is 17.2 Å². The predicted molar refractivity (Wildman–Crippen MR) is 242 cm³/mol. The Morgan fingerprint density at radius 3 is 1.80 bits per heavy atom. The standard InChI is InChI=1S/C55H33NO2S/c1-2-15-35(16-3-1)56(46-25-12-7-17-36(46)34-29-30-40-39-20-8-13-28-50(39)59-51(40)33-34)47-26-14-27-48-53(47)58-54-49(57-48)32-31-45-52(54)41-21-6-11-24-44(41)55(45)42-22-9-4-18-37(42)38-19-5-10-23-43(38)55/h1-33H. The summed E-state index contributed by atoms with van der Waals surface area (Å²) in [6.45, 7) is 0. The van der Waals surface area contributed by atoms with Crippen LogP contribution in [0.25, 0.3) is 53.6 Å². The third-order valence-electron chi connectivity index (χ3n) is 12.6. The highest BCUT2D eigenvalue weighted by atomic mass is 32.1. The van der Waals surface area contributed by atoms with Crippen molar-refractivity contribution in [2.75, 3.05) is 4.90 Å². The second kappa shape index (κ2) is 12.3. The molecule has 0 fully saturated rings. The second-order valence-corrected chi connectivity index (χ2v) is 16.6. The molecule has 4 heteroatoms. The van der Waals surface area contributed by atoms with Crippen molar-refractivity contribution in [3.8, 4) is 56.4 Å². The minimum absolute atomic E-state index is 0.484. The zero-order chi connectivity index (χ0) is 38.7. The van der Waals surface area contributed by atoms with Crippen molar-refractivity contribution in [1.82, 2.24) is 0 Å². The predicted octanol–water partition coefficient (Wildman–Crippen LogP) is 15.4. The molecule has 0 amide bonds. The van der Waals surface area contributed by atoms with E-state index in [4.69, 9.17) is 9.47 Å². The summed E-state index contributed by atoms with van der Waals surface area (Å²) < 4.78 is 16.9. The number of nitrogens with zero attached hydrogens (tertiary/aromatic N) is 1. The van der Waals surface area contributed by atoms with Crippen LogP contribution in [-0.2, 0) is 5.41 Å². The fraction of sp³-hybridized carbons (Fsp3) is 0.0182. The highest BCUT2D eigenvalue weighted by Crippen LogP contribution is 2.67. The fourth-order valence-corrected chi connectivity index (χ4v) is 11.3. The van der Waals surface area contributed by atoms with Crippen LogP contribution >= 0.6 is 11.3 Å². The van der Waals surface area contributed by atoms with Crippen LogP contribution in [0.4, 0.5) is 17.1 Å². The molecule has 0 N–H and O–H groups in total. The first-order valence-corrected chi connectivity index (χ1v) is 20.9. The molecular weight excluding hydrogens is 739 g/mol. The largest absolute Gasteiger partial charge is 0.449 e. The molecule has 9 aromatic carbocycles. The molecule has 1 aromatic heterocycles. The summed E-state index contributed by atoms with van der Waals surface area (Å²) in [6.07, 6.45) is 0. The molecule has 0 bridgehead atoms. The second-order valence-electron chi connectivity index (χ2n) is 15.5. The maximum atomic E-state index is 7.38. The van der Waals surface area contributed by atoms with Gasteiger partial charge >= 0.3 is 0 Å². The first-order valence-electron chi connectivity index (χ1n) is 20.1. The number of hydrogen-bond acceptors (Lipinski definition) is 4. The average molecular weight is 772 g/mol. The fourth-order valence-electron chi connectivity index (χ4n) is 10.2. The van der Waals surface area contributed by atoms with E-state index in [1.165, 1.54) is 53.6 Å². The van der Waals surface area contributed by atoms with Crippen molar-refractivity contribution in [3.63, 3.8) is 0 Å². The third kappa shape index (κ3) is 4.47. The van der Waals surface area contributed by atoms with Gasteiger partial charge < -0.3 is 14.4 Å². The van der Waals surface area contributed by atoms with Gasteiger partial charge in [0, 0.05) is 37.0 Å². The van der Waals surface area contributed by atoms with E-state index in [1.807, 2.05) is 17.4 Å². The van der Waals surface area contributed by atoms with Gasteiger partial charge in [-0.15, -0.1) is 11.3 Å². The Hall–Kier alpha value is -7.40. The maximum Gasteiger partial charge on any atom is 0.194 e. The lowest BCUT2D eigenvalue weighted by atomic mass is 9.70. The lowest BCUT2D eigenvalue weighted by Crippen LogP contribution is -2.25. The average Bonchev–Trinajstić information content (AvgIpc) is 3.93. The van der Waals surface area contributed by atoms with Gasteiger partial charge in [-0.25, -0.2) is 0 Å². The van der Waals surface area contributed by atoms with Crippen molar-refractivity contribution in [2.24, 2.45) is 0 Å². The number of fused-ring (bicyclic) bond motifs is 16. The molecule has 2 aliphatic carbocycles. The van der Waals surface area contributed by atoms with Gasteiger partial charge in [0.25, 0.3) is 0 Å². The maximum absolute atomic E-state index is 7.38. The van der Waals surface area contributed by atoms with E-state index in [0.717, 1.165) is 45.1 Å².